The lowest BCUT2D eigenvalue weighted by atomic mass is 10.2. The number of hydrogen-bond donors (Lipinski definition) is 1. The number of rotatable bonds is 3. The minimum absolute atomic E-state index is 0.0385. The Morgan fingerprint density at radius 2 is 1.79 bits per heavy atom. The molecule has 0 aliphatic heterocycles. The maximum atomic E-state index is 12.1. The topological polar surface area (TPSA) is 85.6 Å². The fourth-order valence-electron chi connectivity index (χ4n) is 2.19. The molecule has 3 aromatic rings. The van der Waals surface area contributed by atoms with Gasteiger partial charge in [0.05, 0.1) is 0 Å². The molecule has 0 saturated carbocycles. The van der Waals surface area contributed by atoms with Crippen LogP contribution in [-0.2, 0) is 4.79 Å². The van der Waals surface area contributed by atoms with Crippen LogP contribution in [0.15, 0.2) is 63.8 Å². The molecule has 0 aliphatic carbocycles. The molecule has 0 saturated heterocycles. The van der Waals surface area contributed by atoms with Crippen molar-refractivity contribution < 1.29 is 18.7 Å². The average molecular weight is 323 g/mol. The van der Waals surface area contributed by atoms with E-state index in [1.54, 1.807) is 42.5 Å². The molecule has 0 fully saturated rings. The number of anilines is 1. The molecule has 0 atom stereocenters. The smallest absolute Gasteiger partial charge is 0.360 e. The fourth-order valence-corrected chi connectivity index (χ4v) is 2.19. The predicted molar refractivity (Wildman–Crippen MR) is 88.2 cm³/mol. The van der Waals surface area contributed by atoms with Gasteiger partial charge >= 0.3 is 11.6 Å². The van der Waals surface area contributed by atoms with Crippen LogP contribution in [0.4, 0.5) is 5.69 Å². The predicted octanol–water partition coefficient (Wildman–Crippen LogP) is 2.97. The molecular weight excluding hydrogens is 310 g/mol. The number of nitrogens with one attached hydrogen (secondary N) is 1. The summed E-state index contributed by atoms with van der Waals surface area (Å²) < 4.78 is 10.1. The van der Waals surface area contributed by atoms with Crippen molar-refractivity contribution in [2.24, 2.45) is 0 Å². The van der Waals surface area contributed by atoms with Gasteiger partial charge in [0.2, 0.25) is 0 Å². The molecular formula is C18H13NO5. The van der Waals surface area contributed by atoms with Crippen molar-refractivity contribution in [2.75, 3.05) is 5.32 Å². The molecule has 0 bridgehead atoms. The number of hydrogen-bond acceptors (Lipinski definition) is 5. The summed E-state index contributed by atoms with van der Waals surface area (Å²) in [5.41, 5.74) is 0.0435. The normalized spacial score (nSPS) is 10.4. The van der Waals surface area contributed by atoms with Crippen LogP contribution >= 0.6 is 0 Å². The van der Waals surface area contributed by atoms with E-state index in [9.17, 15) is 14.4 Å². The summed E-state index contributed by atoms with van der Waals surface area (Å²) >= 11 is 0. The number of esters is 1. The molecule has 0 unspecified atom stereocenters. The Kier molecular flexibility index (Phi) is 4.11. The van der Waals surface area contributed by atoms with Crippen LogP contribution in [0.2, 0.25) is 0 Å². The van der Waals surface area contributed by atoms with Crippen molar-refractivity contribution in [3.05, 3.63) is 70.6 Å². The van der Waals surface area contributed by atoms with E-state index in [1.807, 2.05) is 0 Å². The summed E-state index contributed by atoms with van der Waals surface area (Å²) in [5.74, 6) is -0.596. The Balaban J connectivity index is 1.92. The fraction of sp³-hybridized carbons (Fsp3) is 0.0556. The van der Waals surface area contributed by atoms with E-state index in [0.717, 1.165) is 0 Å². The van der Waals surface area contributed by atoms with E-state index >= 15 is 0 Å². The van der Waals surface area contributed by atoms with Crippen LogP contribution in [-0.4, -0.2) is 11.9 Å². The molecule has 1 N–H and O–H groups in total. The van der Waals surface area contributed by atoms with E-state index in [4.69, 9.17) is 9.15 Å². The Morgan fingerprint density at radius 3 is 2.50 bits per heavy atom. The van der Waals surface area contributed by atoms with Gasteiger partial charge < -0.3 is 14.5 Å². The van der Waals surface area contributed by atoms with Crippen molar-refractivity contribution in [1.82, 2.24) is 0 Å². The molecule has 120 valence electrons. The van der Waals surface area contributed by atoms with E-state index < -0.39 is 17.5 Å². The van der Waals surface area contributed by atoms with E-state index in [1.165, 1.54) is 19.1 Å². The monoisotopic (exact) mass is 323 g/mol. The summed E-state index contributed by atoms with van der Waals surface area (Å²) in [6, 6.07) is 14.7. The second-order valence-corrected chi connectivity index (χ2v) is 5.06. The zero-order valence-corrected chi connectivity index (χ0v) is 12.7. The highest BCUT2D eigenvalue weighted by Gasteiger charge is 2.11. The maximum absolute atomic E-state index is 12.1. The molecule has 6 heteroatoms. The average Bonchev–Trinajstić information content (AvgIpc) is 2.56. The zero-order valence-electron chi connectivity index (χ0n) is 12.7. The second-order valence-electron chi connectivity index (χ2n) is 5.06. The van der Waals surface area contributed by atoms with E-state index in [-0.39, 0.29) is 17.0 Å². The molecule has 24 heavy (non-hydrogen) atoms. The lowest BCUT2D eigenvalue weighted by Gasteiger charge is -2.06. The van der Waals surface area contributed by atoms with Gasteiger partial charge in [0.15, 0.2) is 0 Å². The number of carbonyl (C=O) groups excluding carboxylic acids is 2. The Morgan fingerprint density at radius 1 is 1.04 bits per heavy atom. The third-order valence-corrected chi connectivity index (χ3v) is 3.25. The Bertz CT molecular complexity index is 976. The van der Waals surface area contributed by atoms with Crippen LogP contribution in [0.3, 0.4) is 0 Å². The van der Waals surface area contributed by atoms with Gasteiger partial charge in [-0.1, -0.05) is 18.2 Å². The molecule has 0 spiro atoms. The molecule has 3 rings (SSSR count). The number of fused-ring (bicyclic) bond motifs is 1. The number of amides is 1. The first-order valence-corrected chi connectivity index (χ1v) is 7.15. The number of benzene rings is 2. The van der Waals surface area contributed by atoms with Crippen LogP contribution in [0.25, 0.3) is 11.0 Å². The highest BCUT2D eigenvalue weighted by molar-refractivity contribution is 6.04. The molecule has 1 heterocycles. The number of ether oxygens (including phenoxy) is 1. The van der Waals surface area contributed by atoms with Crippen LogP contribution in [0.5, 0.6) is 5.75 Å². The summed E-state index contributed by atoms with van der Waals surface area (Å²) in [6.07, 6.45) is 0. The first-order valence-electron chi connectivity index (χ1n) is 7.15. The molecule has 1 amide bonds. The van der Waals surface area contributed by atoms with E-state index in [0.29, 0.717) is 10.9 Å². The van der Waals surface area contributed by atoms with Crippen molar-refractivity contribution in [3.63, 3.8) is 0 Å². The van der Waals surface area contributed by atoms with Crippen LogP contribution in [0, 0.1) is 0 Å². The third kappa shape index (κ3) is 3.33. The van der Waals surface area contributed by atoms with Gasteiger partial charge in [-0.2, -0.15) is 0 Å². The van der Waals surface area contributed by atoms with Crippen LogP contribution in [0.1, 0.15) is 17.3 Å². The van der Waals surface area contributed by atoms with Gasteiger partial charge in [-0.3, -0.25) is 9.59 Å². The summed E-state index contributed by atoms with van der Waals surface area (Å²) in [4.78, 5) is 35.1. The van der Waals surface area contributed by atoms with Gasteiger partial charge in [-0.05, 0) is 30.3 Å². The van der Waals surface area contributed by atoms with Gasteiger partial charge in [0.1, 0.15) is 17.0 Å². The van der Waals surface area contributed by atoms with E-state index in [2.05, 4.69) is 5.32 Å². The minimum atomic E-state index is -0.688. The van der Waals surface area contributed by atoms with Crippen molar-refractivity contribution in [3.8, 4) is 5.75 Å². The highest BCUT2D eigenvalue weighted by atomic mass is 16.5. The van der Waals surface area contributed by atoms with Gasteiger partial charge in [0, 0.05) is 23.9 Å². The quantitative estimate of drug-likeness (QED) is 0.455. The van der Waals surface area contributed by atoms with Gasteiger partial charge in [0.25, 0.3) is 5.91 Å². The van der Waals surface area contributed by atoms with Crippen molar-refractivity contribution >= 4 is 28.5 Å². The van der Waals surface area contributed by atoms with Gasteiger partial charge in [-0.25, -0.2) is 4.79 Å². The lowest BCUT2D eigenvalue weighted by Crippen LogP contribution is -2.17. The first kappa shape index (κ1) is 15.5. The van der Waals surface area contributed by atoms with Gasteiger partial charge in [-0.15, -0.1) is 0 Å². The largest absolute Gasteiger partial charge is 0.427 e. The Hall–Kier alpha value is -3.41. The molecule has 0 radical (unpaired) electrons. The molecule has 6 nitrogen and oxygen atoms in total. The molecule has 0 aliphatic rings. The zero-order chi connectivity index (χ0) is 17.1. The SMILES string of the molecule is CC(=O)Oc1ccc2cc(NC(=O)c3ccccc3)c(=O)oc2c1. The van der Waals surface area contributed by atoms with Crippen molar-refractivity contribution in [1.29, 1.82) is 0 Å². The lowest BCUT2D eigenvalue weighted by molar-refractivity contribution is -0.131. The third-order valence-electron chi connectivity index (χ3n) is 3.25. The molecule has 2 aromatic carbocycles. The standard InChI is InChI=1S/C18H13NO5/c1-11(20)23-14-8-7-13-9-15(18(22)24-16(13)10-14)19-17(21)12-5-3-2-4-6-12/h2-10H,1H3,(H,19,21). The molecule has 1 aromatic heterocycles. The second kappa shape index (κ2) is 6.37. The minimum Gasteiger partial charge on any atom is -0.427 e. The Labute approximate surface area is 136 Å². The highest BCUT2D eigenvalue weighted by Crippen LogP contribution is 2.22. The van der Waals surface area contributed by atoms with Crippen LogP contribution < -0.4 is 15.7 Å². The van der Waals surface area contributed by atoms with Crippen molar-refractivity contribution in [2.45, 2.75) is 6.92 Å². The summed E-state index contributed by atoms with van der Waals surface area (Å²) in [7, 11) is 0. The first-order chi connectivity index (χ1) is 11.5. The number of carbonyl (C=O) groups is 2. The summed E-state index contributed by atoms with van der Waals surface area (Å²) in [5, 5.41) is 3.13. The summed E-state index contributed by atoms with van der Waals surface area (Å²) in [6.45, 7) is 1.28. The maximum Gasteiger partial charge on any atom is 0.360 e.